The van der Waals surface area contributed by atoms with Gasteiger partial charge in [-0.3, -0.25) is 4.72 Å². The lowest BCUT2D eigenvalue weighted by atomic mass is 10.3. The quantitative estimate of drug-likeness (QED) is 0.931. The Labute approximate surface area is 118 Å². The Morgan fingerprint density at radius 3 is 2.75 bits per heavy atom. The van der Waals surface area contributed by atoms with Crippen LogP contribution in [0.5, 0.6) is 0 Å². The van der Waals surface area contributed by atoms with Gasteiger partial charge in [0.2, 0.25) is 0 Å². The molecule has 1 aliphatic rings. The van der Waals surface area contributed by atoms with Crippen molar-refractivity contribution in [3.8, 4) is 0 Å². The van der Waals surface area contributed by atoms with Crippen LogP contribution in [-0.2, 0) is 23.3 Å². The van der Waals surface area contributed by atoms with E-state index in [1.807, 2.05) is 16.8 Å². The van der Waals surface area contributed by atoms with Gasteiger partial charge >= 0.3 is 10.2 Å². The molecule has 1 aliphatic heterocycles. The number of benzene rings is 1. The fraction of sp³-hybridized carbons (Fsp3) is 0.308. The average Bonchev–Trinajstić information content (AvgIpc) is 2.76. The second-order valence-electron chi connectivity index (χ2n) is 4.70. The number of hydrogen-bond acceptors (Lipinski definition) is 3. The number of rotatable bonds is 3. The summed E-state index contributed by atoms with van der Waals surface area (Å²) in [6, 6.07) is 8.91. The van der Waals surface area contributed by atoms with E-state index in [0.717, 1.165) is 18.8 Å². The summed E-state index contributed by atoms with van der Waals surface area (Å²) < 4.78 is 30.9. The standard InChI is InChI=1S/C13H16N4O2S/c18-20(19,15-12-5-2-1-3-6-12)17-9-4-8-16-10-7-14-13(16)11-17/h1-3,5-7,10,15H,4,8-9,11H2. The first-order chi connectivity index (χ1) is 9.65. The third kappa shape index (κ3) is 2.68. The summed E-state index contributed by atoms with van der Waals surface area (Å²) in [6.45, 7) is 1.59. The van der Waals surface area contributed by atoms with Gasteiger partial charge in [-0.25, -0.2) is 4.98 Å². The molecule has 2 aromatic rings. The van der Waals surface area contributed by atoms with Gasteiger partial charge in [-0.1, -0.05) is 18.2 Å². The zero-order chi connectivity index (χ0) is 14.0. The molecule has 106 valence electrons. The summed E-state index contributed by atoms with van der Waals surface area (Å²) >= 11 is 0. The molecule has 0 radical (unpaired) electrons. The number of aryl methyl sites for hydroxylation is 1. The first kappa shape index (κ1) is 13.1. The van der Waals surface area contributed by atoms with E-state index in [4.69, 9.17) is 0 Å². The van der Waals surface area contributed by atoms with Crippen molar-refractivity contribution in [1.29, 1.82) is 0 Å². The molecule has 0 unspecified atom stereocenters. The maximum Gasteiger partial charge on any atom is 0.302 e. The minimum atomic E-state index is -3.55. The number of anilines is 1. The Kier molecular flexibility index (Phi) is 3.45. The molecule has 1 N–H and O–H groups in total. The van der Waals surface area contributed by atoms with Crippen LogP contribution in [0.1, 0.15) is 12.2 Å². The second kappa shape index (κ2) is 5.26. The third-order valence-electron chi connectivity index (χ3n) is 3.29. The molecule has 1 aromatic carbocycles. The molecule has 0 saturated heterocycles. The number of aromatic nitrogens is 2. The van der Waals surface area contributed by atoms with Crippen LogP contribution in [0.4, 0.5) is 5.69 Å². The molecule has 0 atom stereocenters. The van der Waals surface area contributed by atoms with Gasteiger partial charge in [-0.05, 0) is 18.6 Å². The van der Waals surface area contributed by atoms with Crippen LogP contribution in [-0.4, -0.2) is 28.8 Å². The van der Waals surface area contributed by atoms with Crippen LogP contribution >= 0.6 is 0 Å². The zero-order valence-corrected chi connectivity index (χ0v) is 11.8. The first-order valence-electron chi connectivity index (χ1n) is 6.48. The molecule has 7 heteroatoms. The highest BCUT2D eigenvalue weighted by molar-refractivity contribution is 7.90. The van der Waals surface area contributed by atoms with Gasteiger partial charge in [-0.2, -0.15) is 12.7 Å². The molecule has 0 bridgehead atoms. The number of fused-ring (bicyclic) bond motifs is 1. The smallest absolute Gasteiger partial charge is 0.302 e. The molecule has 0 saturated carbocycles. The van der Waals surface area contributed by atoms with Crippen molar-refractivity contribution in [1.82, 2.24) is 13.9 Å². The molecule has 1 aromatic heterocycles. The Morgan fingerprint density at radius 2 is 1.95 bits per heavy atom. The highest BCUT2D eigenvalue weighted by atomic mass is 32.2. The summed E-state index contributed by atoms with van der Waals surface area (Å²) in [5.41, 5.74) is 0.570. The van der Waals surface area contributed by atoms with Crippen LogP contribution in [0.3, 0.4) is 0 Å². The minimum Gasteiger partial charge on any atom is -0.334 e. The lowest BCUT2D eigenvalue weighted by Crippen LogP contribution is -2.35. The number of hydrogen-bond donors (Lipinski definition) is 1. The van der Waals surface area contributed by atoms with Gasteiger partial charge in [0.25, 0.3) is 0 Å². The maximum atomic E-state index is 12.4. The molecule has 3 rings (SSSR count). The topological polar surface area (TPSA) is 67.2 Å². The Morgan fingerprint density at radius 1 is 1.15 bits per heavy atom. The van der Waals surface area contributed by atoms with E-state index in [9.17, 15) is 8.42 Å². The maximum absolute atomic E-state index is 12.4. The molecule has 0 aliphatic carbocycles. The molecular formula is C13H16N4O2S. The van der Waals surface area contributed by atoms with Crippen LogP contribution in [0.25, 0.3) is 0 Å². The summed E-state index contributed by atoms with van der Waals surface area (Å²) in [4.78, 5) is 4.22. The highest BCUT2D eigenvalue weighted by Gasteiger charge is 2.25. The molecule has 2 heterocycles. The van der Waals surface area contributed by atoms with E-state index in [2.05, 4.69) is 9.71 Å². The van der Waals surface area contributed by atoms with E-state index < -0.39 is 10.2 Å². The summed E-state index contributed by atoms with van der Waals surface area (Å²) in [5, 5.41) is 0. The molecule has 0 amide bonds. The van der Waals surface area contributed by atoms with E-state index in [0.29, 0.717) is 18.8 Å². The first-order valence-corrected chi connectivity index (χ1v) is 7.92. The average molecular weight is 292 g/mol. The normalized spacial score (nSPS) is 16.4. The van der Waals surface area contributed by atoms with Crippen molar-refractivity contribution >= 4 is 15.9 Å². The highest BCUT2D eigenvalue weighted by Crippen LogP contribution is 2.16. The SMILES string of the molecule is O=S(=O)(Nc1ccccc1)N1CCCn2ccnc2C1. The third-order valence-corrected chi connectivity index (χ3v) is 4.77. The Bertz CT molecular complexity index is 681. The van der Waals surface area contributed by atoms with Crippen molar-refractivity contribution in [2.45, 2.75) is 19.5 Å². The molecule has 20 heavy (non-hydrogen) atoms. The minimum absolute atomic E-state index is 0.301. The molecular weight excluding hydrogens is 276 g/mol. The van der Waals surface area contributed by atoms with Crippen LogP contribution in [0, 0.1) is 0 Å². The van der Waals surface area contributed by atoms with Crippen molar-refractivity contribution in [3.05, 3.63) is 48.5 Å². The van der Waals surface area contributed by atoms with Crippen molar-refractivity contribution in [3.63, 3.8) is 0 Å². The largest absolute Gasteiger partial charge is 0.334 e. The Balaban J connectivity index is 1.81. The van der Waals surface area contributed by atoms with Gasteiger partial charge in [0.05, 0.1) is 6.54 Å². The summed E-state index contributed by atoms with van der Waals surface area (Å²) in [7, 11) is -3.55. The van der Waals surface area contributed by atoms with Crippen LogP contribution < -0.4 is 4.72 Å². The number of para-hydroxylation sites is 1. The number of nitrogens with one attached hydrogen (secondary N) is 1. The monoisotopic (exact) mass is 292 g/mol. The number of nitrogens with zero attached hydrogens (tertiary/aromatic N) is 3. The van der Waals surface area contributed by atoms with E-state index in [1.165, 1.54) is 4.31 Å². The van der Waals surface area contributed by atoms with Crippen molar-refractivity contribution in [2.75, 3.05) is 11.3 Å². The van der Waals surface area contributed by atoms with Gasteiger partial charge < -0.3 is 4.57 Å². The van der Waals surface area contributed by atoms with E-state index in [1.54, 1.807) is 30.5 Å². The fourth-order valence-electron chi connectivity index (χ4n) is 2.27. The Hall–Kier alpha value is -1.86. The van der Waals surface area contributed by atoms with Gasteiger partial charge in [0, 0.05) is 31.2 Å². The zero-order valence-electron chi connectivity index (χ0n) is 10.9. The van der Waals surface area contributed by atoms with E-state index in [-0.39, 0.29) is 0 Å². The van der Waals surface area contributed by atoms with Crippen molar-refractivity contribution < 1.29 is 8.42 Å². The van der Waals surface area contributed by atoms with Gasteiger partial charge in [0.15, 0.2) is 0 Å². The summed E-state index contributed by atoms with van der Waals surface area (Å²) in [5.74, 6) is 0.779. The molecule has 6 nitrogen and oxygen atoms in total. The second-order valence-corrected chi connectivity index (χ2v) is 6.37. The molecule has 0 fully saturated rings. The lowest BCUT2D eigenvalue weighted by Gasteiger charge is -2.20. The summed E-state index contributed by atoms with van der Waals surface area (Å²) in [6.07, 6.45) is 4.37. The predicted octanol–water partition coefficient (Wildman–Crippen LogP) is 1.45. The predicted molar refractivity (Wildman–Crippen MR) is 76.2 cm³/mol. The number of imidazole rings is 1. The van der Waals surface area contributed by atoms with Gasteiger partial charge in [0.1, 0.15) is 5.82 Å². The van der Waals surface area contributed by atoms with Crippen LogP contribution in [0.15, 0.2) is 42.7 Å². The fourth-order valence-corrected chi connectivity index (χ4v) is 3.49. The molecule has 0 spiro atoms. The lowest BCUT2D eigenvalue weighted by molar-refractivity contribution is 0.410. The van der Waals surface area contributed by atoms with Crippen molar-refractivity contribution in [2.24, 2.45) is 0 Å². The van der Waals surface area contributed by atoms with E-state index >= 15 is 0 Å². The van der Waals surface area contributed by atoms with Crippen LogP contribution in [0.2, 0.25) is 0 Å². The van der Waals surface area contributed by atoms with Gasteiger partial charge in [-0.15, -0.1) is 0 Å².